The minimum atomic E-state index is 0.422. The fraction of sp³-hybridized carbons (Fsp3) is 0.444. The van der Waals surface area contributed by atoms with Crippen LogP contribution >= 0.6 is 27.5 Å². The normalized spacial score (nSPS) is 12.8. The van der Waals surface area contributed by atoms with Gasteiger partial charge in [-0.25, -0.2) is 0 Å². The number of rotatable bonds is 7. The number of unbranched alkanes of at least 4 members (excludes halogenated alkanes) is 4. The van der Waals surface area contributed by atoms with Crippen LogP contribution in [0.4, 0.5) is 0 Å². The fourth-order valence-corrected chi connectivity index (χ4v) is 3.59. The molecule has 0 fully saturated rings. The summed E-state index contributed by atoms with van der Waals surface area (Å²) in [5.74, 6) is 0. The molecule has 0 nitrogen and oxygen atoms in total. The van der Waals surface area contributed by atoms with Crippen molar-refractivity contribution in [2.45, 2.75) is 50.3 Å². The molecule has 0 spiro atoms. The lowest BCUT2D eigenvalue weighted by Gasteiger charge is -2.14. The zero-order valence-corrected chi connectivity index (χ0v) is 14.4. The predicted molar refractivity (Wildman–Crippen MR) is 94.0 cm³/mol. The van der Waals surface area contributed by atoms with E-state index in [-0.39, 0.29) is 0 Å². The summed E-state index contributed by atoms with van der Waals surface area (Å²) in [5, 5.41) is 3.27. The Hall–Kier alpha value is -0.530. The van der Waals surface area contributed by atoms with Crippen molar-refractivity contribution in [3.8, 4) is 0 Å². The van der Waals surface area contributed by atoms with E-state index in [1.807, 2.05) is 12.1 Å². The predicted octanol–water partition coefficient (Wildman–Crippen LogP) is 7.29. The SMILES string of the molecule is CCCCCCCC(Br)c1ccc(Cl)c2ccccc12. The maximum absolute atomic E-state index is 6.28. The molecule has 0 amide bonds. The van der Waals surface area contributed by atoms with Crippen LogP contribution in [0.1, 0.15) is 55.8 Å². The van der Waals surface area contributed by atoms with E-state index in [2.05, 4.69) is 47.1 Å². The van der Waals surface area contributed by atoms with E-state index in [4.69, 9.17) is 11.6 Å². The Morgan fingerprint density at radius 1 is 0.950 bits per heavy atom. The summed E-state index contributed by atoms with van der Waals surface area (Å²) in [4.78, 5) is 0.422. The van der Waals surface area contributed by atoms with Gasteiger partial charge in [0.1, 0.15) is 0 Å². The molecule has 0 aromatic heterocycles. The maximum Gasteiger partial charge on any atom is 0.0484 e. The second-order valence-electron chi connectivity index (χ2n) is 5.35. The van der Waals surface area contributed by atoms with E-state index >= 15 is 0 Å². The van der Waals surface area contributed by atoms with Gasteiger partial charge < -0.3 is 0 Å². The van der Waals surface area contributed by atoms with Gasteiger partial charge in [0.2, 0.25) is 0 Å². The molecule has 108 valence electrons. The Labute approximate surface area is 135 Å². The number of alkyl halides is 1. The third-order valence-electron chi connectivity index (χ3n) is 3.80. The minimum Gasteiger partial charge on any atom is -0.0839 e. The van der Waals surface area contributed by atoms with E-state index in [1.165, 1.54) is 49.5 Å². The molecule has 0 saturated carbocycles. The van der Waals surface area contributed by atoms with Crippen molar-refractivity contribution in [3.63, 3.8) is 0 Å². The van der Waals surface area contributed by atoms with Crippen molar-refractivity contribution >= 4 is 38.3 Å². The molecule has 20 heavy (non-hydrogen) atoms. The van der Waals surface area contributed by atoms with Crippen LogP contribution in [0.15, 0.2) is 36.4 Å². The van der Waals surface area contributed by atoms with Crippen molar-refractivity contribution in [1.29, 1.82) is 0 Å². The Bertz CT molecular complexity index is 550. The van der Waals surface area contributed by atoms with E-state index in [0.717, 1.165) is 10.4 Å². The fourth-order valence-electron chi connectivity index (χ4n) is 2.64. The first kappa shape index (κ1) is 15.9. The van der Waals surface area contributed by atoms with Gasteiger partial charge in [0.15, 0.2) is 0 Å². The van der Waals surface area contributed by atoms with E-state index in [9.17, 15) is 0 Å². The maximum atomic E-state index is 6.28. The second kappa shape index (κ2) is 8.05. The van der Waals surface area contributed by atoms with Crippen molar-refractivity contribution in [2.24, 2.45) is 0 Å². The summed E-state index contributed by atoms with van der Waals surface area (Å²) in [7, 11) is 0. The Morgan fingerprint density at radius 3 is 2.40 bits per heavy atom. The summed E-state index contributed by atoms with van der Waals surface area (Å²) in [6, 6.07) is 12.6. The first-order valence-corrected chi connectivity index (χ1v) is 8.84. The van der Waals surface area contributed by atoms with Crippen LogP contribution in [-0.2, 0) is 0 Å². The van der Waals surface area contributed by atoms with Crippen LogP contribution < -0.4 is 0 Å². The van der Waals surface area contributed by atoms with Gasteiger partial charge in [0, 0.05) is 15.2 Å². The number of benzene rings is 2. The molecule has 2 aromatic rings. The van der Waals surface area contributed by atoms with Gasteiger partial charge in [-0.3, -0.25) is 0 Å². The molecule has 2 heteroatoms. The van der Waals surface area contributed by atoms with Crippen LogP contribution in [0.5, 0.6) is 0 Å². The smallest absolute Gasteiger partial charge is 0.0484 e. The third-order valence-corrected chi connectivity index (χ3v) is 5.08. The van der Waals surface area contributed by atoms with Crippen molar-refractivity contribution in [1.82, 2.24) is 0 Å². The molecule has 0 saturated heterocycles. The van der Waals surface area contributed by atoms with Gasteiger partial charge >= 0.3 is 0 Å². The van der Waals surface area contributed by atoms with E-state index in [0.29, 0.717) is 4.83 Å². The molecule has 1 atom stereocenters. The molecule has 0 N–H and O–H groups in total. The third kappa shape index (κ3) is 3.99. The monoisotopic (exact) mass is 352 g/mol. The lowest BCUT2D eigenvalue weighted by atomic mass is 9.99. The zero-order valence-electron chi connectivity index (χ0n) is 12.0. The molecule has 0 bridgehead atoms. The van der Waals surface area contributed by atoms with E-state index in [1.54, 1.807) is 0 Å². The van der Waals surface area contributed by atoms with Crippen LogP contribution in [-0.4, -0.2) is 0 Å². The quantitative estimate of drug-likeness (QED) is 0.362. The lowest BCUT2D eigenvalue weighted by Crippen LogP contribution is -1.93. The van der Waals surface area contributed by atoms with Gasteiger partial charge in [-0.05, 0) is 23.4 Å². The minimum absolute atomic E-state index is 0.422. The van der Waals surface area contributed by atoms with Crippen molar-refractivity contribution in [3.05, 3.63) is 47.0 Å². The summed E-state index contributed by atoms with van der Waals surface area (Å²) in [5.41, 5.74) is 1.36. The first-order chi connectivity index (χ1) is 9.74. The van der Waals surface area contributed by atoms with Gasteiger partial charge in [-0.2, -0.15) is 0 Å². The summed E-state index contributed by atoms with van der Waals surface area (Å²) in [6.45, 7) is 2.26. The van der Waals surface area contributed by atoms with Gasteiger partial charge in [-0.15, -0.1) is 0 Å². The highest BCUT2D eigenvalue weighted by Crippen LogP contribution is 2.36. The molecular formula is C18H22BrCl. The van der Waals surface area contributed by atoms with Gasteiger partial charge in [0.05, 0.1) is 0 Å². The standard InChI is InChI=1S/C18H22BrCl/c1-2-3-4-5-6-11-17(19)15-12-13-18(20)16-10-8-7-9-14(15)16/h7-10,12-13,17H,2-6,11H2,1H3. The lowest BCUT2D eigenvalue weighted by molar-refractivity contribution is 0.607. The van der Waals surface area contributed by atoms with Crippen LogP contribution in [0, 0.1) is 0 Å². The largest absolute Gasteiger partial charge is 0.0839 e. The Kier molecular flexibility index (Phi) is 6.38. The molecule has 0 radical (unpaired) electrons. The Balaban J connectivity index is 2.06. The summed E-state index contributed by atoms with van der Waals surface area (Å²) < 4.78 is 0. The highest BCUT2D eigenvalue weighted by atomic mass is 79.9. The highest BCUT2D eigenvalue weighted by Gasteiger charge is 2.12. The Morgan fingerprint density at radius 2 is 1.65 bits per heavy atom. The molecule has 0 aliphatic heterocycles. The van der Waals surface area contributed by atoms with Gasteiger partial charge in [-0.1, -0.05) is 96.9 Å². The first-order valence-electron chi connectivity index (χ1n) is 7.55. The molecule has 0 aliphatic rings. The molecule has 1 unspecified atom stereocenters. The summed E-state index contributed by atoms with van der Waals surface area (Å²) >= 11 is 10.1. The number of fused-ring (bicyclic) bond motifs is 1. The molecule has 2 aromatic carbocycles. The zero-order chi connectivity index (χ0) is 14.4. The molecular weight excluding hydrogens is 332 g/mol. The molecule has 0 aliphatic carbocycles. The molecule has 0 heterocycles. The highest BCUT2D eigenvalue weighted by molar-refractivity contribution is 9.09. The second-order valence-corrected chi connectivity index (χ2v) is 6.87. The molecule has 2 rings (SSSR count). The number of hydrogen-bond donors (Lipinski definition) is 0. The van der Waals surface area contributed by atoms with Crippen LogP contribution in [0.3, 0.4) is 0 Å². The van der Waals surface area contributed by atoms with Crippen molar-refractivity contribution in [2.75, 3.05) is 0 Å². The number of hydrogen-bond acceptors (Lipinski definition) is 0. The van der Waals surface area contributed by atoms with Crippen LogP contribution in [0.2, 0.25) is 5.02 Å². The van der Waals surface area contributed by atoms with Crippen LogP contribution in [0.25, 0.3) is 10.8 Å². The van der Waals surface area contributed by atoms with Crippen molar-refractivity contribution < 1.29 is 0 Å². The summed E-state index contributed by atoms with van der Waals surface area (Å²) in [6.07, 6.45) is 7.83. The number of halogens is 2. The van der Waals surface area contributed by atoms with Gasteiger partial charge in [0.25, 0.3) is 0 Å². The average molecular weight is 354 g/mol. The van der Waals surface area contributed by atoms with E-state index < -0.39 is 0 Å². The topological polar surface area (TPSA) is 0 Å². The average Bonchev–Trinajstić information content (AvgIpc) is 2.47.